The molecule has 2 aromatic carbocycles. The van der Waals surface area contributed by atoms with Crippen LogP contribution < -0.4 is 5.32 Å². The van der Waals surface area contributed by atoms with Crippen molar-refractivity contribution < 1.29 is 14.0 Å². The van der Waals surface area contributed by atoms with Crippen LogP contribution in [0, 0.1) is 12.8 Å². The molecule has 3 heterocycles. The number of aromatic nitrogens is 1. The van der Waals surface area contributed by atoms with Crippen molar-refractivity contribution in [1.29, 1.82) is 0 Å². The molecule has 1 fully saturated rings. The number of piperidine rings is 1. The molecule has 0 spiro atoms. The van der Waals surface area contributed by atoms with E-state index in [4.69, 9.17) is 4.42 Å². The zero-order valence-corrected chi connectivity index (χ0v) is 17.9. The Morgan fingerprint density at radius 3 is 2.78 bits per heavy atom. The lowest BCUT2D eigenvalue weighted by atomic mass is 9.96. The highest BCUT2D eigenvalue weighted by Gasteiger charge is 2.30. The van der Waals surface area contributed by atoms with Crippen LogP contribution in [0.1, 0.15) is 29.0 Å². The Labute approximate surface area is 186 Å². The molecule has 0 aliphatic carbocycles. The van der Waals surface area contributed by atoms with Gasteiger partial charge in [-0.25, -0.2) is 0 Å². The maximum atomic E-state index is 13.0. The molecular weight excluding hydrogens is 402 g/mol. The summed E-state index contributed by atoms with van der Waals surface area (Å²) in [6.07, 6.45) is 3.09. The average molecular weight is 428 g/mol. The van der Waals surface area contributed by atoms with Crippen molar-refractivity contribution in [1.82, 2.24) is 9.88 Å². The number of nitrogens with one attached hydrogen (secondary N) is 2. The van der Waals surface area contributed by atoms with Crippen LogP contribution in [-0.2, 0) is 4.79 Å². The lowest BCUT2D eigenvalue weighted by molar-refractivity contribution is -0.121. The van der Waals surface area contributed by atoms with Gasteiger partial charge in [0.2, 0.25) is 5.91 Å². The van der Waals surface area contributed by atoms with Crippen molar-refractivity contribution >= 4 is 28.4 Å². The fourth-order valence-corrected chi connectivity index (χ4v) is 4.39. The molecule has 2 aromatic heterocycles. The predicted molar refractivity (Wildman–Crippen MR) is 124 cm³/mol. The lowest BCUT2D eigenvalue weighted by Gasteiger charge is -2.32. The quantitative estimate of drug-likeness (QED) is 0.468. The van der Waals surface area contributed by atoms with E-state index in [2.05, 4.69) is 22.4 Å². The van der Waals surface area contributed by atoms with Gasteiger partial charge >= 0.3 is 0 Å². The number of hydrogen-bond donors (Lipinski definition) is 2. The third-order valence-corrected chi connectivity index (χ3v) is 6.14. The summed E-state index contributed by atoms with van der Waals surface area (Å²) in [5.41, 5.74) is 4.41. The van der Waals surface area contributed by atoms with E-state index in [1.54, 1.807) is 17.9 Å². The van der Waals surface area contributed by atoms with E-state index in [-0.39, 0.29) is 17.7 Å². The highest BCUT2D eigenvalue weighted by atomic mass is 16.3. The molecule has 0 unspecified atom stereocenters. The normalized spacial score (nSPS) is 16.3. The molecule has 6 nitrogen and oxygen atoms in total. The van der Waals surface area contributed by atoms with Crippen molar-refractivity contribution in [3.63, 3.8) is 0 Å². The summed E-state index contributed by atoms with van der Waals surface area (Å²) in [5.74, 6) is 0.238. The molecule has 1 aliphatic rings. The molecule has 1 aliphatic heterocycles. The van der Waals surface area contributed by atoms with E-state index in [9.17, 15) is 9.59 Å². The molecule has 1 atom stereocenters. The van der Waals surface area contributed by atoms with Gasteiger partial charge in [-0.1, -0.05) is 30.3 Å². The minimum absolute atomic E-state index is 0.0554. The molecule has 0 saturated carbocycles. The second-order valence-electron chi connectivity index (χ2n) is 8.32. The van der Waals surface area contributed by atoms with Crippen LogP contribution in [-0.4, -0.2) is 34.8 Å². The number of carbonyl (C=O) groups excluding carboxylic acids is 2. The van der Waals surface area contributed by atoms with Gasteiger partial charge in [0.1, 0.15) is 5.76 Å². The number of fused-ring (bicyclic) bond motifs is 1. The Balaban J connectivity index is 1.29. The molecule has 5 rings (SSSR count). The molecule has 6 heteroatoms. The van der Waals surface area contributed by atoms with Gasteiger partial charge in [-0.15, -0.1) is 0 Å². The summed E-state index contributed by atoms with van der Waals surface area (Å²) in [6, 6.07) is 19.8. The van der Waals surface area contributed by atoms with Crippen LogP contribution in [0.25, 0.3) is 22.2 Å². The Morgan fingerprint density at radius 2 is 1.97 bits per heavy atom. The fraction of sp³-hybridized carbons (Fsp3) is 0.231. The number of furan rings is 1. The van der Waals surface area contributed by atoms with Gasteiger partial charge < -0.3 is 19.6 Å². The number of aromatic amines is 1. The second kappa shape index (κ2) is 8.38. The molecule has 1 saturated heterocycles. The van der Waals surface area contributed by atoms with E-state index in [1.165, 1.54) is 6.26 Å². The maximum Gasteiger partial charge on any atom is 0.257 e. The minimum atomic E-state index is -0.239. The third kappa shape index (κ3) is 3.91. The van der Waals surface area contributed by atoms with Crippen molar-refractivity contribution in [2.45, 2.75) is 19.8 Å². The van der Waals surface area contributed by atoms with Gasteiger partial charge in [0.15, 0.2) is 0 Å². The van der Waals surface area contributed by atoms with Crippen LogP contribution in [0.2, 0.25) is 0 Å². The van der Waals surface area contributed by atoms with Gasteiger partial charge in [0.25, 0.3) is 5.91 Å². The Kier molecular flexibility index (Phi) is 5.27. The minimum Gasteiger partial charge on any atom is -0.469 e. The van der Waals surface area contributed by atoms with E-state index < -0.39 is 0 Å². The number of rotatable bonds is 4. The predicted octanol–water partition coefficient (Wildman–Crippen LogP) is 5.23. The van der Waals surface area contributed by atoms with Crippen LogP contribution in [0.3, 0.4) is 0 Å². The number of benzene rings is 2. The fourth-order valence-electron chi connectivity index (χ4n) is 4.39. The highest BCUT2D eigenvalue weighted by molar-refractivity contribution is 5.97. The van der Waals surface area contributed by atoms with E-state index >= 15 is 0 Å². The summed E-state index contributed by atoms with van der Waals surface area (Å²) < 4.78 is 5.27. The molecule has 4 aromatic rings. The number of carbonyl (C=O) groups is 2. The molecule has 0 radical (unpaired) electrons. The monoisotopic (exact) mass is 427 g/mol. The molecular formula is C26H25N3O3. The number of amides is 2. The SMILES string of the molecule is Cc1occc1C(=O)N1CCC[C@H](C(=O)Nc2cccc(-c3cc4ccccc4[nH]3)c2)C1. The molecule has 2 N–H and O–H groups in total. The first-order valence-corrected chi connectivity index (χ1v) is 10.9. The van der Waals surface area contributed by atoms with Crippen molar-refractivity contribution in [3.05, 3.63) is 78.3 Å². The summed E-state index contributed by atoms with van der Waals surface area (Å²) in [7, 11) is 0. The van der Waals surface area contributed by atoms with Crippen LogP contribution in [0.5, 0.6) is 0 Å². The number of likely N-dealkylation sites (tertiary alicyclic amines) is 1. The number of hydrogen-bond acceptors (Lipinski definition) is 3. The topological polar surface area (TPSA) is 78.3 Å². The summed E-state index contributed by atoms with van der Waals surface area (Å²) in [4.78, 5) is 31.0. The Morgan fingerprint density at radius 1 is 1.09 bits per heavy atom. The maximum absolute atomic E-state index is 13.0. The molecule has 0 bridgehead atoms. The van der Waals surface area contributed by atoms with Crippen molar-refractivity contribution in [2.24, 2.45) is 5.92 Å². The second-order valence-corrected chi connectivity index (χ2v) is 8.32. The Hall–Kier alpha value is -3.80. The number of aryl methyl sites for hydroxylation is 1. The summed E-state index contributed by atoms with van der Waals surface area (Å²) in [5, 5.41) is 4.20. The first-order valence-electron chi connectivity index (χ1n) is 10.9. The van der Waals surface area contributed by atoms with E-state index in [0.29, 0.717) is 24.4 Å². The van der Waals surface area contributed by atoms with Crippen molar-refractivity contribution in [2.75, 3.05) is 18.4 Å². The zero-order valence-electron chi connectivity index (χ0n) is 17.9. The van der Waals surface area contributed by atoms with Gasteiger partial charge in [0.05, 0.1) is 17.7 Å². The molecule has 162 valence electrons. The number of para-hydroxylation sites is 1. The van der Waals surface area contributed by atoms with E-state index in [1.807, 2.05) is 42.5 Å². The summed E-state index contributed by atoms with van der Waals surface area (Å²) >= 11 is 0. The van der Waals surface area contributed by atoms with Crippen LogP contribution in [0.15, 0.2) is 71.3 Å². The lowest BCUT2D eigenvalue weighted by Crippen LogP contribution is -2.43. The third-order valence-electron chi connectivity index (χ3n) is 6.14. The van der Waals surface area contributed by atoms with Crippen LogP contribution in [0.4, 0.5) is 5.69 Å². The molecule has 32 heavy (non-hydrogen) atoms. The van der Waals surface area contributed by atoms with Gasteiger partial charge in [-0.2, -0.15) is 0 Å². The van der Waals surface area contributed by atoms with Gasteiger partial charge in [-0.05, 0) is 50.1 Å². The smallest absolute Gasteiger partial charge is 0.257 e. The Bertz CT molecular complexity index is 1250. The zero-order chi connectivity index (χ0) is 22.1. The van der Waals surface area contributed by atoms with Crippen LogP contribution >= 0.6 is 0 Å². The standard InChI is InChI=1S/C26H25N3O3/c1-17-22(11-13-32-17)26(31)29-12-5-8-20(16-29)25(30)27-21-9-4-7-18(14-21)24-15-19-6-2-3-10-23(19)28-24/h2-4,6-7,9-11,13-15,20,28H,5,8,12,16H2,1H3,(H,27,30)/t20-/m0/s1. The summed E-state index contributed by atoms with van der Waals surface area (Å²) in [6.45, 7) is 2.85. The van der Waals surface area contributed by atoms with E-state index in [0.717, 1.165) is 40.7 Å². The largest absolute Gasteiger partial charge is 0.469 e. The first-order chi connectivity index (χ1) is 15.6. The van der Waals surface area contributed by atoms with Gasteiger partial charge in [0, 0.05) is 40.9 Å². The number of anilines is 1. The number of nitrogens with zero attached hydrogens (tertiary/aromatic N) is 1. The van der Waals surface area contributed by atoms with Gasteiger partial charge in [-0.3, -0.25) is 9.59 Å². The number of H-pyrrole nitrogens is 1. The van der Waals surface area contributed by atoms with Crippen molar-refractivity contribution in [3.8, 4) is 11.3 Å². The molecule has 2 amide bonds. The average Bonchev–Trinajstić information content (AvgIpc) is 3.45. The first kappa shape index (κ1) is 20.1. The highest BCUT2D eigenvalue weighted by Crippen LogP contribution is 2.27.